The molecule has 0 saturated carbocycles. The monoisotopic (exact) mass is 433 g/mol. The van der Waals surface area contributed by atoms with Gasteiger partial charge in [0.05, 0.1) is 6.04 Å². The molecule has 1 aromatic heterocycles. The number of alkyl halides is 2. The molecule has 3 rings (SSSR count). The second kappa shape index (κ2) is 9.82. The zero-order valence-corrected chi connectivity index (χ0v) is 16.9. The number of piperidine rings is 1. The van der Waals surface area contributed by atoms with Gasteiger partial charge in [-0.1, -0.05) is 42.5 Å². The maximum Gasteiger partial charge on any atom is 0.371 e. The number of benzene rings is 1. The van der Waals surface area contributed by atoms with Crippen molar-refractivity contribution in [1.82, 2.24) is 14.9 Å². The van der Waals surface area contributed by atoms with Crippen molar-refractivity contribution in [2.45, 2.75) is 50.2 Å². The van der Waals surface area contributed by atoms with Crippen LogP contribution in [0, 0.1) is 0 Å². The first-order valence-electron chi connectivity index (χ1n) is 10.2. The minimum atomic E-state index is -3.44. The third-order valence-electron chi connectivity index (χ3n) is 5.33. The second-order valence-electron chi connectivity index (χ2n) is 7.53. The second-order valence-corrected chi connectivity index (χ2v) is 7.53. The molecule has 1 aromatic carbocycles. The van der Waals surface area contributed by atoms with Crippen LogP contribution in [0.3, 0.4) is 0 Å². The third-order valence-corrected chi connectivity index (χ3v) is 5.33. The number of H-pyrrole nitrogens is 1. The van der Waals surface area contributed by atoms with E-state index in [1.165, 1.54) is 36.5 Å². The van der Waals surface area contributed by atoms with E-state index < -0.39 is 18.0 Å². The number of imidazole rings is 1. The molecule has 0 radical (unpaired) electrons. The number of nitrogens with zero attached hydrogens (tertiary/aromatic N) is 2. The maximum atomic E-state index is 14.5. The number of aliphatic hydroxyl groups excluding tert-OH is 1. The molecule has 2 aromatic rings. The van der Waals surface area contributed by atoms with Crippen LogP contribution in [0.5, 0.6) is 0 Å². The molecule has 2 heterocycles. The van der Waals surface area contributed by atoms with E-state index in [2.05, 4.69) is 9.97 Å². The Kier molecular flexibility index (Phi) is 7.17. The Morgan fingerprint density at radius 1 is 1.35 bits per heavy atom. The van der Waals surface area contributed by atoms with Gasteiger partial charge in [0.1, 0.15) is 6.10 Å². The molecule has 1 aliphatic heterocycles. The maximum absolute atomic E-state index is 14.5. The first kappa shape index (κ1) is 22.6. The molecule has 1 saturated heterocycles. The van der Waals surface area contributed by atoms with Crippen molar-refractivity contribution < 1.29 is 28.6 Å². The third kappa shape index (κ3) is 5.55. The summed E-state index contributed by atoms with van der Waals surface area (Å²) in [4.78, 5) is 31.4. The number of aromatic amines is 1. The molecule has 166 valence electrons. The number of carboxylic acids is 1. The van der Waals surface area contributed by atoms with Gasteiger partial charge >= 0.3 is 11.9 Å². The van der Waals surface area contributed by atoms with Crippen LogP contribution in [0.2, 0.25) is 0 Å². The number of carboxylic acid groups (broad SMARTS) is 1. The first-order chi connectivity index (χ1) is 14.8. The minimum Gasteiger partial charge on any atom is -0.475 e. The average Bonchev–Trinajstić information content (AvgIpc) is 3.23. The highest BCUT2D eigenvalue weighted by Gasteiger charge is 2.39. The van der Waals surface area contributed by atoms with E-state index in [-0.39, 0.29) is 23.3 Å². The van der Waals surface area contributed by atoms with Gasteiger partial charge in [-0.15, -0.1) is 0 Å². The number of halogens is 2. The zero-order chi connectivity index (χ0) is 22.4. The molecule has 2 atom stereocenters. The summed E-state index contributed by atoms with van der Waals surface area (Å²) >= 11 is 0. The Hall–Kier alpha value is -3.07. The molecule has 0 aliphatic carbocycles. The van der Waals surface area contributed by atoms with Crippen LogP contribution >= 0.6 is 0 Å². The number of amides is 1. The molecular formula is C22H25F2N3O4. The molecule has 3 N–H and O–H groups in total. The summed E-state index contributed by atoms with van der Waals surface area (Å²) in [5.74, 6) is -4.79. The predicted octanol–water partition coefficient (Wildman–Crippen LogP) is 3.13. The van der Waals surface area contributed by atoms with E-state index in [1.807, 2.05) is 0 Å². The largest absolute Gasteiger partial charge is 0.475 e. The van der Waals surface area contributed by atoms with Gasteiger partial charge in [0.15, 0.2) is 0 Å². The number of aromatic nitrogens is 2. The number of rotatable bonds is 9. The SMILES string of the molecule is O=C(O)c1ncc(CCCN2C(=O)CCC[C@@H]2/C=C/[C@@H](O)C(F)(F)c2ccccc2)[nH]1. The van der Waals surface area contributed by atoms with Gasteiger partial charge in [0.25, 0.3) is 0 Å². The number of nitrogens with one attached hydrogen (secondary N) is 1. The summed E-state index contributed by atoms with van der Waals surface area (Å²) < 4.78 is 29.0. The van der Waals surface area contributed by atoms with Crippen molar-refractivity contribution in [3.05, 3.63) is 65.8 Å². The van der Waals surface area contributed by atoms with Gasteiger partial charge in [-0.05, 0) is 25.7 Å². The summed E-state index contributed by atoms with van der Waals surface area (Å²) in [5, 5.41) is 19.0. The fourth-order valence-electron chi connectivity index (χ4n) is 3.66. The van der Waals surface area contributed by atoms with Gasteiger partial charge in [0, 0.05) is 30.4 Å². The fourth-order valence-corrected chi connectivity index (χ4v) is 3.66. The van der Waals surface area contributed by atoms with Gasteiger partial charge < -0.3 is 20.1 Å². The molecule has 1 amide bonds. The Balaban J connectivity index is 1.61. The molecule has 1 fully saturated rings. The van der Waals surface area contributed by atoms with E-state index >= 15 is 0 Å². The first-order valence-corrected chi connectivity index (χ1v) is 10.2. The Morgan fingerprint density at radius 3 is 2.77 bits per heavy atom. The molecule has 0 bridgehead atoms. The van der Waals surface area contributed by atoms with E-state index in [0.717, 1.165) is 6.08 Å². The van der Waals surface area contributed by atoms with E-state index in [0.29, 0.717) is 44.3 Å². The van der Waals surface area contributed by atoms with Crippen molar-refractivity contribution in [3.8, 4) is 0 Å². The van der Waals surface area contributed by atoms with Crippen molar-refractivity contribution in [1.29, 1.82) is 0 Å². The molecule has 7 nitrogen and oxygen atoms in total. The lowest BCUT2D eigenvalue weighted by molar-refractivity contribution is -0.135. The fraction of sp³-hybridized carbons (Fsp3) is 0.409. The topological polar surface area (TPSA) is 107 Å². The number of hydrogen-bond donors (Lipinski definition) is 3. The van der Waals surface area contributed by atoms with E-state index in [9.17, 15) is 23.5 Å². The van der Waals surface area contributed by atoms with Crippen molar-refractivity contribution in [3.63, 3.8) is 0 Å². The lowest BCUT2D eigenvalue weighted by Crippen LogP contribution is -2.43. The van der Waals surface area contributed by atoms with Crippen LogP contribution in [0.25, 0.3) is 0 Å². The van der Waals surface area contributed by atoms with Crippen LogP contribution in [0.4, 0.5) is 8.78 Å². The highest BCUT2D eigenvalue weighted by molar-refractivity contribution is 5.83. The van der Waals surface area contributed by atoms with Crippen LogP contribution in [-0.2, 0) is 17.1 Å². The highest BCUT2D eigenvalue weighted by Crippen LogP contribution is 2.32. The Morgan fingerprint density at radius 2 is 2.10 bits per heavy atom. The number of aryl methyl sites for hydroxylation is 1. The lowest BCUT2D eigenvalue weighted by Gasteiger charge is -2.34. The summed E-state index contributed by atoms with van der Waals surface area (Å²) in [5.41, 5.74) is 0.371. The zero-order valence-electron chi connectivity index (χ0n) is 16.9. The summed E-state index contributed by atoms with van der Waals surface area (Å²) in [7, 11) is 0. The summed E-state index contributed by atoms with van der Waals surface area (Å²) in [6, 6.07) is 6.75. The number of aromatic carboxylic acids is 1. The highest BCUT2D eigenvalue weighted by atomic mass is 19.3. The van der Waals surface area contributed by atoms with Gasteiger partial charge in [-0.3, -0.25) is 4.79 Å². The van der Waals surface area contributed by atoms with Gasteiger partial charge in [0.2, 0.25) is 11.7 Å². The molecule has 9 heteroatoms. The number of likely N-dealkylation sites (tertiary alicyclic amines) is 1. The van der Waals surface area contributed by atoms with Crippen molar-refractivity contribution in [2.75, 3.05) is 6.54 Å². The number of hydrogen-bond acceptors (Lipinski definition) is 4. The standard InChI is InChI=1S/C22H25F2N3O4/c23-22(24,15-6-2-1-3-7-15)18(28)12-11-17-9-4-10-19(29)27(17)13-5-8-16-14-25-20(26-16)21(30)31/h1-3,6-7,11-12,14,17-18,28H,4-5,8-10,13H2,(H,25,26)(H,30,31)/b12-11+/t17-,18-/m1/s1. The average molecular weight is 433 g/mol. The van der Waals surface area contributed by atoms with Crippen LogP contribution in [-0.4, -0.2) is 55.6 Å². The summed E-state index contributed by atoms with van der Waals surface area (Å²) in [6.07, 6.45) is 4.70. The van der Waals surface area contributed by atoms with Gasteiger partial charge in [-0.25, -0.2) is 9.78 Å². The van der Waals surface area contributed by atoms with E-state index in [1.54, 1.807) is 11.0 Å². The summed E-state index contributed by atoms with van der Waals surface area (Å²) in [6.45, 7) is 0.389. The molecule has 0 spiro atoms. The van der Waals surface area contributed by atoms with Gasteiger partial charge in [-0.2, -0.15) is 8.78 Å². The van der Waals surface area contributed by atoms with Crippen LogP contribution < -0.4 is 0 Å². The number of carbonyl (C=O) groups excluding carboxylic acids is 1. The number of carbonyl (C=O) groups is 2. The molecule has 31 heavy (non-hydrogen) atoms. The van der Waals surface area contributed by atoms with E-state index in [4.69, 9.17) is 5.11 Å². The van der Waals surface area contributed by atoms with Crippen LogP contribution in [0.15, 0.2) is 48.7 Å². The predicted molar refractivity (Wildman–Crippen MR) is 109 cm³/mol. The molecular weight excluding hydrogens is 408 g/mol. The quantitative estimate of drug-likeness (QED) is 0.527. The smallest absolute Gasteiger partial charge is 0.371 e. The van der Waals surface area contributed by atoms with Crippen LogP contribution in [0.1, 0.15) is 47.6 Å². The molecule has 0 unspecified atom stereocenters. The van der Waals surface area contributed by atoms with Crippen molar-refractivity contribution in [2.24, 2.45) is 0 Å². The normalized spacial score (nSPS) is 18.5. The molecule has 1 aliphatic rings. The Bertz CT molecular complexity index is 930. The number of aliphatic hydroxyl groups is 1. The Labute approximate surface area is 178 Å². The minimum absolute atomic E-state index is 0.0685. The van der Waals surface area contributed by atoms with Crippen molar-refractivity contribution >= 4 is 11.9 Å². The lowest BCUT2D eigenvalue weighted by atomic mass is 9.98.